The van der Waals surface area contributed by atoms with E-state index in [9.17, 15) is 4.79 Å². The first kappa shape index (κ1) is 11.5. The van der Waals surface area contributed by atoms with Gasteiger partial charge in [-0.1, -0.05) is 19.1 Å². The number of ether oxygens (including phenoxy) is 1. The van der Waals surface area contributed by atoms with Gasteiger partial charge in [0, 0.05) is 9.75 Å². The molecular formula is C15H14O2S. The number of para-hydroxylation sites is 1. The normalized spacial score (nSPS) is 18.3. The minimum absolute atomic E-state index is 0.113. The first-order chi connectivity index (χ1) is 8.78. The third-order valence-electron chi connectivity index (χ3n) is 3.18. The summed E-state index contributed by atoms with van der Waals surface area (Å²) >= 11 is 1.74. The largest absolute Gasteiger partial charge is 0.484 e. The number of benzene rings is 1. The van der Waals surface area contributed by atoms with Crippen molar-refractivity contribution in [2.24, 2.45) is 0 Å². The highest BCUT2D eigenvalue weighted by molar-refractivity contribution is 7.12. The number of thiophene rings is 1. The average molecular weight is 258 g/mol. The van der Waals surface area contributed by atoms with Crippen LogP contribution in [-0.2, 0) is 6.42 Å². The summed E-state index contributed by atoms with van der Waals surface area (Å²) in [5.41, 5.74) is 0.709. The Hall–Kier alpha value is -1.61. The lowest BCUT2D eigenvalue weighted by Crippen LogP contribution is -2.19. The summed E-state index contributed by atoms with van der Waals surface area (Å²) in [5.74, 6) is 0.887. The molecule has 3 heteroatoms. The van der Waals surface area contributed by atoms with E-state index >= 15 is 0 Å². The molecule has 1 unspecified atom stereocenters. The molecule has 0 N–H and O–H groups in total. The molecule has 1 atom stereocenters. The number of hydrogen-bond donors (Lipinski definition) is 0. The molecule has 0 saturated carbocycles. The van der Waals surface area contributed by atoms with E-state index in [1.54, 1.807) is 11.3 Å². The van der Waals surface area contributed by atoms with Crippen LogP contribution in [0.5, 0.6) is 5.75 Å². The highest BCUT2D eigenvalue weighted by Gasteiger charge is 2.28. The van der Waals surface area contributed by atoms with Gasteiger partial charge >= 0.3 is 0 Å². The van der Waals surface area contributed by atoms with Gasteiger partial charge in [0.05, 0.1) is 12.0 Å². The molecule has 0 spiro atoms. The minimum atomic E-state index is -0.113. The number of fused-ring (bicyclic) bond motifs is 1. The zero-order chi connectivity index (χ0) is 12.5. The van der Waals surface area contributed by atoms with Crippen LogP contribution in [0.15, 0.2) is 36.4 Å². The standard InChI is InChI=1S/C15H14O2S/c1-2-10-7-8-15(18-10)14-9-12(16)11-5-3-4-6-13(11)17-14/h3-8,14H,2,9H2,1H3. The van der Waals surface area contributed by atoms with Crippen LogP contribution in [0, 0.1) is 0 Å². The third-order valence-corrected chi connectivity index (χ3v) is 4.50. The van der Waals surface area contributed by atoms with Crippen LogP contribution in [0.3, 0.4) is 0 Å². The first-order valence-electron chi connectivity index (χ1n) is 6.15. The number of Topliss-reactive ketones (excluding diaryl/α,β-unsaturated/α-hetero) is 1. The summed E-state index contributed by atoms with van der Waals surface area (Å²) in [6.45, 7) is 2.14. The zero-order valence-electron chi connectivity index (χ0n) is 10.2. The van der Waals surface area contributed by atoms with Gasteiger partial charge in [-0.15, -0.1) is 11.3 Å². The minimum Gasteiger partial charge on any atom is -0.484 e. The number of aryl methyl sites for hydroxylation is 1. The molecule has 0 bridgehead atoms. The molecule has 92 valence electrons. The second-order valence-electron chi connectivity index (χ2n) is 4.39. The quantitative estimate of drug-likeness (QED) is 0.813. The monoisotopic (exact) mass is 258 g/mol. The molecule has 0 saturated heterocycles. The zero-order valence-corrected chi connectivity index (χ0v) is 11.0. The summed E-state index contributed by atoms with van der Waals surface area (Å²) in [7, 11) is 0. The molecule has 2 heterocycles. The van der Waals surface area contributed by atoms with E-state index in [1.165, 1.54) is 4.88 Å². The molecule has 1 aliphatic rings. The fourth-order valence-electron chi connectivity index (χ4n) is 2.19. The second kappa shape index (κ2) is 4.58. The Bertz CT molecular complexity index is 586. The van der Waals surface area contributed by atoms with Gasteiger partial charge in [0.15, 0.2) is 5.78 Å². The van der Waals surface area contributed by atoms with Gasteiger partial charge in [0.25, 0.3) is 0 Å². The lowest BCUT2D eigenvalue weighted by atomic mass is 10.00. The molecule has 3 rings (SSSR count). The van der Waals surface area contributed by atoms with Crippen LogP contribution in [0.1, 0.15) is 39.6 Å². The van der Waals surface area contributed by atoms with Crippen molar-refractivity contribution in [3.63, 3.8) is 0 Å². The van der Waals surface area contributed by atoms with Crippen LogP contribution in [0.2, 0.25) is 0 Å². The van der Waals surface area contributed by atoms with Crippen molar-refractivity contribution in [2.75, 3.05) is 0 Å². The maximum Gasteiger partial charge on any atom is 0.170 e. The molecule has 1 aromatic carbocycles. The van der Waals surface area contributed by atoms with E-state index in [0.29, 0.717) is 17.7 Å². The maximum absolute atomic E-state index is 12.1. The number of hydrogen-bond acceptors (Lipinski definition) is 3. The van der Waals surface area contributed by atoms with Crippen molar-refractivity contribution in [3.8, 4) is 5.75 Å². The van der Waals surface area contributed by atoms with Crippen LogP contribution in [0.25, 0.3) is 0 Å². The molecule has 2 nitrogen and oxygen atoms in total. The van der Waals surface area contributed by atoms with Crippen LogP contribution >= 0.6 is 11.3 Å². The molecule has 1 aromatic heterocycles. The fourth-order valence-corrected chi connectivity index (χ4v) is 3.17. The van der Waals surface area contributed by atoms with Gasteiger partial charge in [-0.25, -0.2) is 0 Å². The predicted octanol–water partition coefficient (Wildman–Crippen LogP) is 4.02. The first-order valence-corrected chi connectivity index (χ1v) is 6.97. The van der Waals surface area contributed by atoms with Crippen molar-refractivity contribution in [3.05, 3.63) is 51.7 Å². The topological polar surface area (TPSA) is 26.3 Å². The van der Waals surface area contributed by atoms with E-state index in [4.69, 9.17) is 4.74 Å². The number of rotatable bonds is 2. The van der Waals surface area contributed by atoms with Gasteiger partial charge in [-0.3, -0.25) is 4.79 Å². The Balaban J connectivity index is 1.92. The lowest BCUT2D eigenvalue weighted by molar-refractivity contribution is 0.0854. The van der Waals surface area contributed by atoms with E-state index in [1.807, 2.05) is 24.3 Å². The molecule has 0 aliphatic carbocycles. The van der Waals surface area contributed by atoms with Gasteiger partial charge in [-0.05, 0) is 30.7 Å². The van der Waals surface area contributed by atoms with E-state index in [-0.39, 0.29) is 11.9 Å². The molecule has 0 fully saturated rings. The lowest BCUT2D eigenvalue weighted by Gasteiger charge is -2.24. The maximum atomic E-state index is 12.1. The van der Waals surface area contributed by atoms with Crippen LogP contribution < -0.4 is 4.74 Å². The molecular weight excluding hydrogens is 244 g/mol. The number of carbonyl (C=O) groups excluding carboxylic acids is 1. The van der Waals surface area contributed by atoms with E-state index < -0.39 is 0 Å². The van der Waals surface area contributed by atoms with Gasteiger partial charge in [0.2, 0.25) is 0 Å². The smallest absolute Gasteiger partial charge is 0.170 e. The Labute approximate surface area is 110 Å². The van der Waals surface area contributed by atoms with E-state index in [0.717, 1.165) is 11.3 Å². The molecule has 1 aliphatic heterocycles. The van der Waals surface area contributed by atoms with Crippen LogP contribution in [-0.4, -0.2) is 5.78 Å². The van der Waals surface area contributed by atoms with Gasteiger partial charge < -0.3 is 4.74 Å². The van der Waals surface area contributed by atoms with Crippen molar-refractivity contribution in [1.29, 1.82) is 0 Å². The molecule has 0 amide bonds. The highest BCUT2D eigenvalue weighted by Crippen LogP contribution is 2.37. The summed E-state index contributed by atoms with van der Waals surface area (Å²) < 4.78 is 5.94. The van der Waals surface area contributed by atoms with Crippen molar-refractivity contribution in [2.45, 2.75) is 25.9 Å². The van der Waals surface area contributed by atoms with Crippen molar-refractivity contribution in [1.82, 2.24) is 0 Å². The van der Waals surface area contributed by atoms with Crippen LogP contribution in [0.4, 0.5) is 0 Å². The highest BCUT2D eigenvalue weighted by atomic mass is 32.1. The molecule has 0 radical (unpaired) electrons. The van der Waals surface area contributed by atoms with E-state index in [2.05, 4.69) is 19.1 Å². The van der Waals surface area contributed by atoms with Crippen molar-refractivity contribution >= 4 is 17.1 Å². The van der Waals surface area contributed by atoms with Crippen molar-refractivity contribution < 1.29 is 9.53 Å². The van der Waals surface area contributed by atoms with Gasteiger partial charge in [0.1, 0.15) is 11.9 Å². The number of ketones is 1. The Kier molecular flexibility index (Phi) is 2.92. The second-order valence-corrected chi connectivity index (χ2v) is 5.59. The number of carbonyl (C=O) groups is 1. The summed E-state index contributed by atoms with van der Waals surface area (Å²) in [6, 6.07) is 11.7. The predicted molar refractivity (Wildman–Crippen MR) is 72.5 cm³/mol. The Morgan fingerprint density at radius 2 is 2.11 bits per heavy atom. The Morgan fingerprint density at radius 1 is 1.28 bits per heavy atom. The average Bonchev–Trinajstić information content (AvgIpc) is 2.87. The SMILES string of the molecule is CCc1ccc(C2CC(=O)c3ccccc3O2)s1. The fraction of sp³-hybridized carbons (Fsp3) is 0.267. The Morgan fingerprint density at radius 3 is 2.89 bits per heavy atom. The summed E-state index contributed by atoms with van der Waals surface area (Å²) in [6.07, 6.45) is 1.36. The molecule has 18 heavy (non-hydrogen) atoms. The van der Waals surface area contributed by atoms with Gasteiger partial charge in [-0.2, -0.15) is 0 Å². The summed E-state index contributed by atoms with van der Waals surface area (Å²) in [4.78, 5) is 14.6. The summed E-state index contributed by atoms with van der Waals surface area (Å²) in [5, 5.41) is 0. The third kappa shape index (κ3) is 1.95. The molecule has 2 aromatic rings.